The molecule has 138 valence electrons. The molecule has 1 saturated carbocycles. The van der Waals surface area contributed by atoms with Gasteiger partial charge in [0, 0.05) is 26.1 Å². The van der Waals surface area contributed by atoms with Crippen molar-refractivity contribution >= 4 is 11.9 Å². The van der Waals surface area contributed by atoms with Gasteiger partial charge in [0.15, 0.2) is 0 Å². The predicted octanol–water partition coefficient (Wildman–Crippen LogP) is 2.46. The van der Waals surface area contributed by atoms with Crippen molar-refractivity contribution in [3.63, 3.8) is 0 Å². The molecule has 0 saturated heterocycles. The average Bonchev–Trinajstić information content (AvgIpc) is 3.09. The summed E-state index contributed by atoms with van der Waals surface area (Å²) < 4.78 is 5.69. The van der Waals surface area contributed by atoms with Crippen molar-refractivity contribution < 1.29 is 14.3 Å². The Bertz CT molecular complexity index is 571. The Morgan fingerprint density at radius 3 is 2.68 bits per heavy atom. The number of carbonyl (C=O) groups excluding carboxylic acids is 2. The lowest BCUT2D eigenvalue weighted by molar-refractivity contribution is -0.121. The van der Waals surface area contributed by atoms with Gasteiger partial charge in [0.25, 0.3) is 0 Å². The number of likely N-dealkylation sites (N-methyl/N-ethyl adjacent to an activating group) is 1. The summed E-state index contributed by atoms with van der Waals surface area (Å²) in [5, 5.41) is 5.78. The van der Waals surface area contributed by atoms with Crippen LogP contribution in [0.15, 0.2) is 24.3 Å². The van der Waals surface area contributed by atoms with E-state index < -0.39 is 0 Å². The third-order valence-electron chi connectivity index (χ3n) is 4.47. The van der Waals surface area contributed by atoms with Gasteiger partial charge < -0.3 is 20.3 Å². The molecule has 25 heavy (non-hydrogen) atoms. The van der Waals surface area contributed by atoms with Gasteiger partial charge >= 0.3 is 6.03 Å². The van der Waals surface area contributed by atoms with Crippen LogP contribution in [-0.4, -0.2) is 49.6 Å². The SMILES string of the molecule is Cc1ccccc1OCCN(C)C(=O)NCCC(=O)NC1CCCC1. The van der Waals surface area contributed by atoms with Crippen LogP contribution >= 0.6 is 0 Å². The third kappa shape index (κ3) is 6.64. The molecule has 1 aliphatic carbocycles. The number of para-hydroxylation sites is 1. The zero-order valence-corrected chi connectivity index (χ0v) is 15.2. The van der Waals surface area contributed by atoms with Gasteiger partial charge in [-0.15, -0.1) is 0 Å². The first-order valence-corrected chi connectivity index (χ1v) is 9.03. The van der Waals surface area contributed by atoms with E-state index in [-0.39, 0.29) is 11.9 Å². The minimum Gasteiger partial charge on any atom is -0.491 e. The van der Waals surface area contributed by atoms with Crippen LogP contribution in [0, 0.1) is 6.92 Å². The van der Waals surface area contributed by atoms with Crippen molar-refractivity contribution in [3.8, 4) is 5.75 Å². The summed E-state index contributed by atoms with van der Waals surface area (Å²) >= 11 is 0. The summed E-state index contributed by atoms with van der Waals surface area (Å²) in [6, 6.07) is 7.92. The van der Waals surface area contributed by atoms with Crippen LogP contribution in [0.3, 0.4) is 0 Å². The molecule has 1 aliphatic rings. The molecular weight excluding hydrogens is 318 g/mol. The summed E-state index contributed by atoms with van der Waals surface area (Å²) in [6.45, 7) is 3.24. The third-order valence-corrected chi connectivity index (χ3v) is 4.47. The standard InChI is InChI=1S/C19H29N3O3/c1-15-7-3-6-10-17(15)25-14-13-22(2)19(24)20-12-11-18(23)21-16-8-4-5-9-16/h3,6-7,10,16H,4-5,8-9,11-14H2,1-2H3,(H,20,24)(H,21,23). The molecule has 0 bridgehead atoms. The Morgan fingerprint density at radius 1 is 1.24 bits per heavy atom. The molecule has 1 aromatic carbocycles. The largest absolute Gasteiger partial charge is 0.491 e. The zero-order valence-electron chi connectivity index (χ0n) is 15.2. The summed E-state index contributed by atoms with van der Waals surface area (Å²) in [5.74, 6) is 0.845. The quantitative estimate of drug-likeness (QED) is 0.759. The first kappa shape index (κ1) is 19.1. The average molecular weight is 347 g/mol. The van der Waals surface area contributed by atoms with E-state index in [4.69, 9.17) is 4.74 Å². The molecule has 0 radical (unpaired) electrons. The van der Waals surface area contributed by atoms with E-state index in [0.717, 1.165) is 24.2 Å². The van der Waals surface area contributed by atoms with E-state index in [1.165, 1.54) is 12.8 Å². The summed E-state index contributed by atoms with van der Waals surface area (Å²) in [4.78, 5) is 25.4. The molecule has 0 heterocycles. The van der Waals surface area contributed by atoms with E-state index in [1.807, 2.05) is 31.2 Å². The molecule has 6 nitrogen and oxygen atoms in total. The van der Waals surface area contributed by atoms with E-state index in [9.17, 15) is 9.59 Å². The van der Waals surface area contributed by atoms with Gasteiger partial charge in [0.05, 0.1) is 6.54 Å². The van der Waals surface area contributed by atoms with Crippen molar-refractivity contribution in [2.75, 3.05) is 26.7 Å². The smallest absolute Gasteiger partial charge is 0.317 e. The van der Waals surface area contributed by atoms with Crippen LogP contribution in [-0.2, 0) is 4.79 Å². The molecule has 0 unspecified atom stereocenters. The van der Waals surface area contributed by atoms with Crippen molar-refractivity contribution in [1.29, 1.82) is 0 Å². The highest BCUT2D eigenvalue weighted by Crippen LogP contribution is 2.17. The number of aryl methyl sites for hydroxylation is 1. The first-order chi connectivity index (χ1) is 12.1. The maximum Gasteiger partial charge on any atom is 0.317 e. The minimum atomic E-state index is -0.193. The highest BCUT2D eigenvalue weighted by Gasteiger charge is 2.17. The van der Waals surface area contributed by atoms with Crippen LogP contribution in [0.5, 0.6) is 5.75 Å². The molecule has 2 N–H and O–H groups in total. The highest BCUT2D eigenvalue weighted by molar-refractivity contribution is 5.78. The molecule has 0 spiro atoms. The van der Waals surface area contributed by atoms with Gasteiger partial charge in [0.2, 0.25) is 5.91 Å². The Balaban J connectivity index is 1.58. The maximum absolute atomic E-state index is 12.0. The second-order valence-electron chi connectivity index (χ2n) is 6.57. The number of rotatable bonds is 8. The number of carbonyl (C=O) groups is 2. The molecule has 2 rings (SSSR count). The van der Waals surface area contributed by atoms with Gasteiger partial charge in [-0.1, -0.05) is 31.0 Å². The molecule has 0 aliphatic heterocycles. The number of nitrogens with zero attached hydrogens (tertiary/aromatic N) is 1. The number of hydrogen-bond donors (Lipinski definition) is 2. The van der Waals surface area contributed by atoms with Crippen molar-refractivity contribution in [1.82, 2.24) is 15.5 Å². The Morgan fingerprint density at radius 2 is 1.96 bits per heavy atom. The molecule has 1 fully saturated rings. The number of hydrogen-bond acceptors (Lipinski definition) is 3. The van der Waals surface area contributed by atoms with Crippen LogP contribution in [0.1, 0.15) is 37.7 Å². The zero-order chi connectivity index (χ0) is 18.1. The van der Waals surface area contributed by atoms with Crippen molar-refractivity contribution in [2.24, 2.45) is 0 Å². The van der Waals surface area contributed by atoms with Gasteiger partial charge in [-0.2, -0.15) is 0 Å². The molecule has 0 atom stereocenters. The number of benzene rings is 1. The fraction of sp³-hybridized carbons (Fsp3) is 0.579. The monoisotopic (exact) mass is 347 g/mol. The maximum atomic E-state index is 12.0. The summed E-state index contributed by atoms with van der Waals surface area (Å²) in [6.07, 6.45) is 4.84. The minimum absolute atomic E-state index is 0.0118. The fourth-order valence-corrected chi connectivity index (χ4v) is 2.90. The van der Waals surface area contributed by atoms with Gasteiger partial charge in [0.1, 0.15) is 12.4 Å². The lowest BCUT2D eigenvalue weighted by atomic mass is 10.2. The van der Waals surface area contributed by atoms with E-state index >= 15 is 0 Å². The Kier molecular flexibility index (Phi) is 7.57. The Hall–Kier alpha value is -2.24. The number of amides is 3. The number of urea groups is 1. The van der Waals surface area contributed by atoms with Gasteiger partial charge in [-0.25, -0.2) is 4.79 Å². The first-order valence-electron chi connectivity index (χ1n) is 9.03. The normalized spacial score (nSPS) is 14.2. The van der Waals surface area contributed by atoms with Gasteiger partial charge in [-0.05, 0) is 31.4 Å². The number of ether oxygens (including phenoxy) is 1. The van der Waals surface area contributed by atoms with Crippen molar-refractivity contribution in [3.05, 3.63) is 29.8 Å². The topological polar surface area (TPSA) is 70.7 Å². The molecular formula is C19H29N3O3. The van der Waals surface area contributed by atoms with Crippen LogP contribution < -0.4 is 15.4 Å². The van der Waals surface area contributed by atoms with Crippen molar-refractivity contribution in [2.45, 2.75) is 45.1 Å². The molecule has 0 aromatic heterocycles. The second kappa shape index (κ2) is 9.91. The number of nitrogens with one attached hydrogen (secondary N) is 2. The second-order valence-corrected chi connectivity index (χ2v) is 6.57. The molecule has 1 aromatic rings. The van der Waals surface area contributed by atoms with E-state index in [1.54, 1.807) is 11.9 Å². The lowest BCUT2D eigenvalue weighted by Gasteiger charge is -2.19. The highest BCUT2D eigenvalue weighted by atomic mass is 16.5. The van der Waals surface area contributed by atoms with E-state index in [0.29, 0.717) is 32.2 Å². The fourth-order valence-electron chi connectivity index (χ4n) is 2.90. The van der Waals surface area contributed by atoms with Crippen LogP contribution in [0.2, 0.25) is 0 Å². The summed E-state index contributed by atoms with van der Waals surface area (Å²) in [5.41, 5.74) is 1.07. The van der Waals surface area contributed by atoms with Gasteiger partial charge in [-0.3, -0.25) is 4.79 Å². The Labute approximate surface area is 149 Å². The van der Waals surface area contributed by atoms with Crippen LogP contribution in [0.25, 0.3) is 0 Å². The lowest BCUT2D eigenvalue weighted by Crippen LogP contribution is -2.41. The summed E-state index contributed by atoms with van der Waals surface area (Å²) in [7, 11) is 1.72. The van der Waals surface area contributed by atoms with Crippen LogP contribution in [0.4, 0.5) is 4.79 Å². The molecule has 6 heteroatoms. The predicted molar refractivity (Wildman–Crippen MR) is 97.7 cm³/mol. The molecule has 3 amide bonds. The van der Waals surface area contributed by atoms with E-state index in [2.05, 4.69) is 10.6 Å².